The second kappa shape index (κ2) is 4.57. The van der Waals surface area contributed by atoms with Crippen LogP contribution in [0, 0.1) is 0 Å². The van der Waals surface area contributed by atoms with Crippen molar-refractivity contribution in [3.63, 3.8) is 0 Å². The van der Waals surface area contributed by atoms with E-state index in [1.54, 1.807) is 0 Å². The maximum absolute atomic E-state index is 10.2. The fourth-order valence-electron chi connectivity index (χ4n) is 0.561. The minimum atomic E-state index is -4.38. The van der Waals surface area contributed by atoms with E-state index >= 15 is 0 Å². The van der Waals surface area contributed by atoms with Crippen molar-refractivity contribution in [2.75, 3.05) is 13.1 Å². The molecule has 1 aliphatic heterocycles. The van der Waals surface area contributed by atoms with E-state index in [2.05, 4.69) is 9.62 Å². The van der Waals surface area contributed by atoms with E-state index in [0.29, 0.717) is 13.1 Å². The average Bonchev–Trinajstić information content (AvgIpc) is 2.12. The molecule has 0 aromatic rings. The predicted molar refractivity (Wildman–Crippen MR) is 40.3 cm³/mol. The van der Waals surface area contributed by atoms with Crippen molar-refractivity contribution >= 4 is 43.7 Å². The van der Waals surface area contributed by atoms with Crippen LogP contribution in [0.1, 0.15) is 0 Å². The Bertz CT molecular complexity index is 192. The molecule has 8 heteroatoms. The monoisotopic (exact) mass is 190 g/mol. The van der Waals surface area contributed by atoms with Crippen LogP contribution in [-0.2, 0) is 9.19 Å². The van der Waals surface area contributed by atoms with Crippen LogP contribution in [0.2, 0.25) is 0 Å². The molecule has 0 radical (unpaired) electrons. The number of aliphatic imine (C=N–C) groups is 1. The Labute approximate surface area is 85.7 Å². The first-order valence-electron chi connectivity index (χ1n) is 2.60. The zero-order valence-electron chi connectivity index (χ0n) is 5.04. The molecular weight excluding hydrogens is 182 g/mol. The van der Waals surface area contributed by atoms with Gasteiger partial charge in [-0.25, -0.2) is 9.63 Å². The summed E-state index contributed by atoms with van der Waals surface area (Å²) in [6.45, 7) is 0.908. The van der Waals surface area contributed by atoms with Gasteiger partial charge in [0.25, 0.3) is 0 Å². The summed E-state index contributed by atoms with van der Waals surface area (Å²) in [5, 5.41) is 1.01. The van der Waals surface area contributed by atoms with Gasteiger partial charge in [0.1, 0.15) is 6.34 Å². The molecule has 1 aliphatic rings. The number of hydrogen-bond donors (Lipinski definition) is 2. The standard InChI is InChI=1S/C3H7N2O4P.Na.H/c6-10(7,8)9-5-2-1-4-3-5;;/h3H,1-2H2,(H2,6,7,8);;. The van der Waals surface area contributed by atoms with Crippen molar-refractivity contribution < 1.29 is 19.0 Å². The summed E-state index contributed by atoms with van der Waals surface area (Å²) in [4.78, 5) is 20.2. The average molecular weight is 190 g/mol. The van der Waals surface area contributed by atoms with Gasteiger partial charge in [-0.1, -0.05) is 0 Å². The molecule has 11 heavy (non-hydrogen) atoms. The summed E-state index contributed by atoms with van der Waals surface area (Å²) in [6.07, 6.45) is 1.25. The first-order chi connectivity index (χ1) is 4.58. The van der Waals surface area contributed by atoms with Crippen molar-refractivity contribution in [2.45, 2.75) is 0 Å². The predicted octanol–water partition coefficient (Wildman–Crippen LogP) is -1.29. The van der Waals surface area contributed by atoms with Crippen molar-refractivity contribution in [2.24, 2.45) is 4.99 Å². The van der Waals surface area contributed by atoms with Crippen LogP contribution in [-0.4, -0.2) is 63.8 Å². The molecule has 0 amide bonds. The molecule has 6 nitrogen and oxygen atoms in total. The van der Waals surface area contributed by atoms with Gasteiger partial charge in [-0.3, -0.25) is 4.99 Å². The number of nitrogens with zero attached hydrogens (tertiary/aromatic N) is 2. The maximum atomic E-state index is 10.2. The summed E-state index contributed by atoms with van der Waals surface area (Å²) in [5.74, 6) is 0. The van der Waals surface area contributed by atoms with Crippen molar-refractivity contribution in [3.05, 3.63) is 0 Å². The second-order valence-electron chi connectivity index (χ2n) is 1.73. The van der Waals surface area contributed by atoms with E-state index in [4.69, 9.17) is 9.79 Å². The molecule has 0 atom stereocenters. The van der Waals surface area contributed by atoms with E-state index < -0.39 is 7.82 Å². The Morgan fingerprint density at radius 2 is 2.27 bits per heavy atom. The molecule has 0 spiro atoms. The number of phosphoric acid groups is 1. The van der Waals surface area contributed by atoms with E-state index in [0.717, 1.165) is 5.06 Å². The third kappa shape index (κ3) is 4.92. The zero-order chi connectivity index (χ0) is 7.61. The molecule has 0 fully saturated rings. The molecule has 0 aliphatic carbocycles. The molecule has 0 bridgehead atoms. The summed E-state index contributed by atoms with van der Waals surface area (Å²) in [6, 6.07) is 0. The molecule has 0 aromatic heterocycles. The summed E-state index contributed by atoms with van der Waals surface area (Å²) >= 11 is 0. The molecule has 1 heterocycles. The molecule has 0 unspecified atom stereocenters. The van der Waals surface area contributed by atoms with Crippen LogP contribution in [0.25, 0.3) is 0 Å². The molecular formula is C3H8N2NaO4P. The molecule has 0 saturated heterocycles. The van der Waals surface area contributed by atoms with Crippen molar-refractivity contribution in [1.82, 2.24) is 5.06 Å². The first-order valence-corrected chi connectivity index (χ1v) is 4.13. The van der Waals surface area contributed by atoms with Crippen LogP contribution >= 0.6 is 7.82 Å². The van der Waals surface area contributed by atoms with E-state index in [-0.39, 0.29) is 29.6 Å². The number of hydroxylamine groups is 2. The summed E-state index contributed by atoms with van der Waals surface area (Å²) in [5.41, 5.74) is 0. The van der Waals surface area contributed by atoms with Gasteiger partial charge in [0, 0.05) is 0 Å². The van der Waals surface area contributed by atoms with Crippen molar-refractivity contribution in [3.8, 4) is 0 Å². The van der Waals surface area contributed by atoms with E-state index in [1.165, 1.54) is 6.34 Å². The van der Waals surface area contributed by atoms with Gasteiger partial charge in [0.05, 0.1) is 13.1 Å². The van der Waals surface area contributed by atoms with Crippen molar-refractivity contribution in [1.29, 1.82) is 0 Å². The molecule has 2 N–H and O–H groups in total. The van der Waals surface area contributed by atoms with E-state index in [9.17, 15) is 4.57 Å². The topological polar surface area (TPSA) is 82.4 Å². The van der Waals surface area contributed by atoms with Crippen LogP contribution in [0.3, 0.4) is 0 Å². The van der Waals surface area contributed by atoms with Crippen LogP contribution < -0.4 is 0 Å². The number of hydrogen-bond acceptors (Lipinski definition) is 4. The Balaban J connectivity index is 0.000001000. The van der Waals surface area contributed by atoms with Gasteiger partial charge in [0.15, 0.2) is 0 Å². The van der Waals surface area contributed by atoms with Gasteiger partial charge in [-0.15, -0.1) is 0 Å². The second-order valence-corrected chi connectivity index (χ2v) is 2.88. The van der Waals surface area contributed by atoms with Gasteiger partial charge < -0.3 is 9.79 Å². The summed E-state index contributed by atoms with van der Waals surface area (Å²) in [7, 11) is -4.38. The molecule has 1 rings (SSSR count). The summed E-state index contributed by atoms with van der Waals surface area (Å²) < 4.78 is 14.3. The zero-order valence-corrected chi connectivity index (χ0v) is 5.94. The third-order valence-electron chi connectivity index (χ3n) is 0.871. The van der Waals surface area contributed by atoms with Crippen LogP contribution in [0.5, 0.6) is 0 Å². The molecule has 60 valence electrons. The fourth-order valence-corrected chi connectivity index (χ4v) is 0.958. The van der Waals surface area contributed by atoms with Crippen LogP contribution in [0.15, 0.2) is 4.99 Å². The van der Waals surface area contributed by atoms with Crippen LogP contribution in [0.4, 0.5) is 0 Å². The quantitative estimate of drug-likeness (QED) is 0.418. The Morgan fingerprint density at radius 3 is 2.64 bits per heavy atom. The van der Waals surface area contributed by atoms with E-state index in [1.807, 2.05) is 0 Å². The Kier molecular flexibility index (Phi) is 4.81. The molecule has 0 aromatic carbocycles. The van der Waals surface area contributed by atoms with Gasteiger partial charge in [-0.05, 0) is 0 Å². The third-order valence-corrected chi connectivity index (χ3v) is 1.29. The fraction of sp³-hybridized carbons (Fsp3) is 0.667. The SMILES string of the molecule is O=P(O)(O)ON1C=NCC1.[NaH]. The molecule has 0 saturated carbocycles. The van der Waals surface area contributed by atoms with Gasteiger partial charge in [0.2, 0.25) is 0 Å². The minimum absolute atomic E-state index is 0. The normalized spacial score (nSPS) is 16.7. The van der Waals surface area contributed by atoms with Gasteiger partial charge in [-0.2, -0.15) is 4.62 Å². The first kappa shape index (κ1) is 11.6. The Morgan fingerprint density at radius 1 is 1.64 bits per heavy atom. The Hall–Kier alpha value is 0.580. The number of rotatable bonds is 2. The van der Waals surface area contributed by atoms with Gasteiger partial charge >= 0.3 is 37.4 Å².